The van der Waals surface area contributed by atoms with E-state index in [1.165, 1.54) is 5.56 Å². The highest BCUT2D eigenvalue weighted by Gasteiger charge is 2.23. The Morgan fingerprint density at radius 1 is 1.12 bits per heavy atom. The van der Waals surface area contributed by atoms with Crippen LogP contribution < -0.4 is 0 Å². The van der Waals surface area contributed by atoms with Crippen LogP contribution in [0.3, 0.4) is 0 Å². The van der Waals surface area contributed by atoms with Crippen molar-refractivity contribution in [2.45, 2.75) is 40.0 Å². The monoisotopic (exact) mass is 337 g/mol. The van der Waals surface area contributed by atoms with E-state index in [1.807, 2.05) is 37.1 Å². The molecule has 1 aliphatic heterocycles. The van der Waals surface area contributed by atoms with Gasteiger partial charge in [-0.3, -0.25) is 9.88 Å². The maximum Gasteiger partial charge on any atom is 0.147 e. The molecule has 4 rings (SSSR count). The molecular formula is C18H23N7. The van der Waals surface area contributed by atoms with Crippen molar-refractivity contribution in [3.8, 4) is 0 Å². The van der Waals surface area contributed by atoms with Gasteiger partial charge in [0.15, 0.2) is 0 Å². The highest BCUT2D eigenvalue weighted by atomic mass is 15.3. The molecule has 25 heavy (non-hydrogen) atoms. The Hall–Kier alpha value is -2.54. The molecule has 0 spiro atoms. The average Bonchev–Trinajstić information content (AvgIpc) is 3.10. The first-order valence-corrected chi connectivity index (χ1v) is 8.66. The van der Waals surface area contributed by atoms with E-state index in [0.29, 0.717) is 5.92 Å². The van der Waals surface area contributed by atoms with Gasteiger partial charge in [0, 0.05) is 56.9 Å². The van der Waals surface area contributed by atoms with Crippen LogP contribution in [0.4, 0.5) is 0 Å². The summed E-state index contributed by atoms with van der Waals surface area (Å²) in [5, 5.41) is 4.54. The van der Waals surface area contributed by atoms with Gasteiger partial charge >= 0.3 is 0 Å². The molecule has 0 saturated heterocycles. The van der Waals surface area contributed by atoms with Crippen LogP contribution >= 0.6 is 0 Å². The second-order valence-corrected chi connectivity index (χ2v) is 6.78. The van der Waals surface area contributed by atoms with Gasteiger partial charge in [-0.15, -0.1) is 0 Å². The van der Waals surface area contributed by atoms with Gasteiger partial charge in [-0.1, -0.05) is 0 Å². The smallest absolute Gasteiger partial charge is 0.147 e. The molecule has 0 amide bonds. The molecule has 3 aromatic rings. The van der Waals surface area contributed by atoms with E-state index in [0.717, 1.165) is 50.2 Å². The van der Waals surface area contributed by atoms with E-state index in [-0.39, 0.29) is 0 Å². The summed E-state index contributed by atoms with van der Waals surface area (Å²) >= 11 is 0. The van der Waals surface area contributed by atoms with Gasteiger partial charge in [-0.05, 0) is 31.5 Å². The number of hydrogen-bond acceptors (Lipinski definition) is 5. The summed E-state index contributed by atoms with van der Waals surface area (Å²) in [6.07, 6.45) is 7.69. The lowest BCUT2D eigenvalue weighted by molar-refractivity contribution is 0.204. The van der Waals surface area contributed by atoms with Crippen LogP contribution in [0.1, 0.15) is 23.0 Å². The summed E-state index contributed by atoms with van der Waals surface area (Å²) in [7, 11) is 0. The lowest BCUT2D eigenvalue weighted by Crippen LogP contribution is -2.30. The van der Waals surface area contributed by atoms with E-state index >= 15 is 0 Å². The SMILES string of the molecule is Cc1nc(C)n(C[C@H]2CN(Cc3ccncc3)Cc3nccn3C2)n1. The molecule has 1 aliphatic rings. The van der Waals surface area contributed by atoms with Crippen molar-refractivity contribution in [2.75, 3.05) is 6.54 Å². The molecule has 0 saturated carbocycles. The van der Waals surface area contributed by atoms with Crippen molar-refractivity contribution in [2.24, 2.45) is 5.92 Å². The van der Waals surface area contributed by atoms with Crippen LogP contribution in [0.5, 0.6) is 0 Å². The summed E-state index contributed by atoms with van der Waals surface area (Å²) in [5.74, 6) is 3.40. The topological polar surface area (TPSA) is 64.7 Å². The minimum atomic E-state index is 0.456. The van der Waals surface area contributed by atoms with Crippen molar-refractivity contribution in [3.05, 3.63) is 60.0 Å². The van der Waals surface area contributed by atoms with Crippen LogP contribution in [0.25, 0.3) is 0 Å². The van der Waals surface area contributed by atoms with Gasteiger partial charge in [0.1, 0.15) is 17.5 Å². The Labute approximate surface area is 147 Å². The minimum absolute atomic E-state index is 0.456. The number of aryl methyl sites for hydroxylation is 2. The Morgan fingerprint density at radius 3 is 2.72 bits per heavy atom. The third-order valence-corrected chi connectivity index (χ3v) is 4.69. The second-order valence-electron chi connectivity index (χ2n) is 6.78. The van der Waals surface area contributed by atoms with E-state index in [1.54, 1.807) is 0 Å². The third kappa shape index (κ3) is 3.61. The molecule has 0 unspecified atom stereocenters. The third-order valence-electron chi connectivity index (χ3n) is 4.69. The number of pyridine rings is 1. The molecule has 0 N–H and O–H groups in total. The molecule has 7 heteroatoms. The molecule has 3 aromatic heterocycles. The van der Waals surface area contributed by atoms with E-state index in [4.69, 9.17) is 0 Å². The molecule has 1 atom stereocenters. The van der Waals surface area contributed by atoms with Crippen LogP contribution in [-0.4, -0.2) is 40.7 Å². The quantitative estimate of drug-likeness (QED) is 0.726. The fraction of sp³-hybridized carbons (Fsp3) is 0.444. The number of imidazole rings is 1. The molecule has 4 heterocycles. The lowest BCUT2D eigenvalue weighted by Gasteiger charge is -2.24. The molecule has 0 radical (unpaired) electrons. The van der Waals surface area contributed by atoms with Gasteiger partial charge in [-0.25, -0.2) is 14.6 Å². The van der Waals surface area contributed by atoms with E-state index in [9.17, 15) is 0 Å². The van der Waals surface area contributed by atoms with Gasteiger partial charge in [0.05, 0.1) is 6.54 Å². The Balaban J connectivity index is 1.55. The maximum atomic E-state index is 4.55. The van der Waals surface area contributed by atoms with Crippen molar-refractivity contribution in [1.82, 2.24) is 34.2 Å². The molecule has 0 bridgehead atoms. The van der Waals surface area contributed by atoms with Crippen molar-refractivity contribution in [1.29, 1.82) is 0 Å². The maximum absolute atomic E-state index is 4.55. The summed E-state index contributed by atoms with van der Waals surface area (Å²) in [6.45, 7) is 8.57. The normalized spacial score (nSPS) is 18.1. The highest BCUT2D eigenvalue weighted by Crippen LogP contribution is 2.19. The van der Waals surface area contributed by atoms with E-state index < -0.39 is 0 Å². The fourth-order valence-corrected chi connectivity index (χ4v) is 3.58. The summed E-state index contributed by atoms with van der Waals surface area (Å²) in [6, 6.07) is 4.16. The van der Waals surface area contributed by atoms with Crippen molar-refractivity contribution >= 4 is 0 Å². The largest absolute Gasteiger partial charge is 0.333 e. The lowest BCUT2D eigenvalue weighted by atomic mass is 10.1. The zero-order valence-electron chi connectivity index (χ0n) is 14.7. The number of fused-ring (bicyclic) bond motifs is 1. The van der Waals surface area contributed by atoms with Crippen molar-refractivity contribution < 1.29 is 0 Å². The van der Waals surface area contributed by atoms with E-state index in [2.05, 4.69) is 47.8 Å². The minimum Gasteiger partial charge on any atom is -0.333 e. The number of nitrogens with zero attached hydrogens (tertiary/aromatic N) is 7. The highest BCUT2D eigenvalue weighted by molar-refractivity contribution is 5.10. The molecule has 130 valence electrons. The Kier molecular flexibility index (Phi) is 4.31. The standard InChI is InChI=1S/C18H23N7/c1-14-21-15(2)25(22-14)12-17-10-23(9-16-3-5-19-6-4-16)13-18-20-7-8-24(18)11-17/h3-8,17H,9-13H2,1-2H3/t17-/m0/s1. The van der Waals surface area contributed by atoms with Crippen LogP contribution in [0.2, 0.25) is 0 Å². The number of hydrogen-bond donors (Lipinski definition) is 0. The summed E-state index contributed by atoms with van der Waals surface area (Å²) < 4.78 is 4.31. The molecule has 7 nitrogen and oxygen atoms in total. The van der Waals surface area contributed by atoms with Crippen molar-refractivity contribution in [3.63, 3.8) is 0 Å². The van der Waals surface area contributed by atoms with Gasteiger partial charge < -0.3 is 4.57 Å². The molecule has 0 aromatic carbocycles. The Morgan fingerprint density at radius 2 is 1.96 bits per heavy atom. The summed E-state index contributed by atoms with van der Waals surface area (Å²) in [5.41, 5.74) is 1.28. The molecular weight excluding hydrogens is 314 g/mol. The fourth-order valence-electron chi connectivity index (χ4n) is 3.58. The van der Waals surface area contributed by atoms with Crippen LogP contribution in [0, 0.1) is 19.8 Å². The first kappa shape index (κ1) is 16.0. The predicted molar refractivity (Wildman–Crippen MR) is 93.6 cm³/mol. The van der Waals surface area contributed by atoms with Crippen LogP contribution in [0.15, 0.2) is 36.9 Å². The zero-order valence-corrected chi connectivity index (χ0v) is 14.7. The number of aromatic nitrogens is 6. The predicted octanol–water partition coefficient (Wildman–Crippen LogP) is 1.82. The average molecular weight is 337 g/mol. The first-order valence-electron chi connectivity index (χ1n) is 8.66. The van der Waals surface area contributed by atoms with Crippen LogP contribution in [-0.2, 0) is 26.2 Å². The van der Waals surface area contributed by atoms with Gasteiger partial charge in [0.25, 0.3) is 0 Å². The second kappa shape index (κ2) is 6.76. The zero-order chi connectivity index (χ0) is 17.2. The van der Waals surface area contributed by atoms with Gasteiger partial charge in [-0.2, -0.15) is 5.10 Å². The number of rotatable bonds is 4. The molecule has 0 aliphatic carbocycles. The molecule has 0 fully saturated rings. The van der Waals surface area contributed by atoms with Gasteiger partial charge in [0.2, 0.25) is 0 Å². The first-order chi connectivity index (χ1) is 12.2. The Bertz CT molecular complexity index is 836. The summed E-state index contributed by atoms with van der Waals surface area (Å²) in [4.78, 5) is 15.6.